The van der Waals surface area contributed by atoms with Gasteiger partial charge in [-0.25, -0.2) is 8.42 Å². The molecule has 0 aromatic heterocycles. The first kappa shape index (κ1) is 15.1. The lowest BCUT2D eigenvalue weighted by Gasteiger charge is -2.09. The summed E-state index contributed by atoms with van der Waals surface area (Å²) in [6.45, 7) is 1.96. The molecule has 0 unspecified atom stereocenters. The van der Waals surface area contributed by atoms with Crippen LogP contribution >= 0.6 is 15.9 Å². The quantitative estimate of drug-likeness (QED) is 0.832. The molecule has 0 aliphatic rings. The second kappa shape index (κ2) is 6.41. The Morgan fingerprint density at radius 1 is 1.00 bits per heavy atom. The smallest absolute Gasteiger partial charge is 0.261 e. The summed E-state index contributed by atoms with van der Waals surface area (Å²) < 4.78 is 27.0. The monoisotopic (exact) mass is 353 g/mol. The van der Waals surface area contributed by atoms with Crippen LogP contribution in [0.5, 0.6) is 0 Å². The Kier molecular flexibility index (Phi) is 4.83. The summed E-state index contributed by atoms with van der Waals surface area (Å²) in [5.41, 5.74) is 2.77. The van der Waals surface area contributed by atoms with Crippen LogP contribution in [0.15, 0.2) is 53.4 Å². The zero-order valence-corrected chi connectivity index (χ0v) is 13.5. The van der Waals surface area contributed by atoms with Gasteiger partial charge in [-0.1, -0.05) is 45.8 Å². The largest absolute Gasteiger partial charge is 0.280 e. The molecule has 2 rings (SSSR count). The zero-order chi connectivity index (χ0) is 14.6. The highest BCUT2D eigenvalue weighted by atomic mass is 79.9. The second-order valence-electron chi connectivity index (χ2n) is 4.55. The predicted octanol–water partition coefficient (Wildman–Crippen LogP) is 3.73. The van der Waals surface area contributed by atoms with Crippen molar-refractivity contribution in [2.75, 3.05) is 10.1 Å². The van der Waals surface area contributed by atoms with Gasteiger partial charge in [-0.2, -0.15) is 0 Å². The Morgan fingerprint density at radius 2 is 1.60 bits per heavy atom. The molecule has 20 heavy (non-hydrogen) atoms. The average molecular weight is 354 g/mol. The third-order valence-electron chi connectivity index (χ3n) is 2.92. The van der Waals surface area contributed by atoms with Crippen molar-refractivity contribution >= 4 is 31.6 Å². The highest BCUT2D eigenvalue weighted by Gasteiger charge is 2.13. The maximum atomic E-state index is 12.2. The maximum Gasteiger partial charge on any atom is 0.261 e. The molecule has 2 aromatic rings. The first-order valence-corrected chi connectivity index (χ1v) is 8.86. The van der Waals surface area contributed by atoms with Crippen LogP contribution in [0.25, 0.3) is 0 Å². The Morgan fingerprint density at radius 3 is 2.15 bits per heavy atom. The summed E-state index contributed by atoms with van der Waals surface area (Å²) in [5, 5.41) is 0.862. The molecule has 5 heteroatoms. The molecule has 0 saturated carbocycles. The first-order chi connectivity index (χ1) is 9.51. The molecule has 0 aliphatic carbocycles. The van der Waals surface area contributed by atoms with Gasteiger partial charge in [-0.3, -0.25) is 4.72 Å². The van der Waals surface area contributed by atoms with Gasteiger partial charge in [0.05, 0.1) is 4.90 Å². The third kappa shape index (κ3) is 3.84. The van der Waals surface area contributed by atoms with Gasteiger partial charge >= 0.3 is 0 Å². The lowest BCUT2D eigenvalue weighted by atomic mass is 10.2. The maximum absolute atomic E-state index is 12.2. The number of nitrogens with one attached hydrogen (secondary N) is 1. The molecule has 1 N–H and O–H groups in total. The van der Waals surface area contributed by atoms with Crippen molar-refractivity contribution in [2.24, 2.45) is 0 Å². The molecule has 0 saturated heterocycles. The van der Waals surface area contributed by atoms with Crippen molar-refractivity contribution in [2.45, 2.75) is 18.2 Å². The van der Waals surface area contributed by atoms with E-state index < -0.39 is 10.0 Å². The molecular formula is C15H16BrNO2S. The van der Waals surface area contributed by atoms with Gasteiger partial charge < -0.3 is 0 Å². The topological polar surface area (TPSA) is 46.2 Å². The Labute approximate surface area is 128 Å². The summed E-state index contributed by atoms with van der Waals surface area (Å²) in [5.74, 6) is 0. The van der Waals surface area contributed by atoms with E-state index in [1.807, 2.05) is 31.2 Å². The lowest BCUT2D eigenvalue weighted by molar-refractivity contribution is 0.601. The fourth-order valence-electron chi connectivity index (χ4n) is 1.78. The van der Waals surface area contributed by atoms with Crippen molar-refractivity contribution < 1.29 is 8.42 Å². The van der Waals surface area contributed by atoms with E-state index in [1.54, 1.807) is 24.3 Å². The van der Waals surface area contributed by atoms with Crippen molar-refractivity contribution in [3.8, 4) is 0 Å². The van der Waals surface area contributed by atoms with E-state index in [-0.39, 0.29) is 4.90 Å². The first-order valence-electron chi connectivity index (χ1n) is 6.26. The van der Waals surface area contributed by atoms with Crippen molar-refractivity contribution in [1.29, 1.82) is 0 Å². The van der Waals surface area contributed by atoms with E-state index in [4.69, 9.17) is 0 Å². The molecular weight excluding hydrogens is 338 g/mol. The molecule has 2 aromatic carbocycles. The van der Waals surface area contributed by atoms with Gasteiger partial charge in [0.25, 0.3) is 10.0 Å². The van der Waals surface area contributed by atoms with Crippen molar-refractivity contribution in [1.82, 2.24) is 0 Å². The minimum atomic E-state index is -3.52. The molecule has 0 aliphatic heterocycles. The van der Waals surface area contributed by atoms with E-state index in [1.165, 1.54) is 0 Å². The lowest BCUT2D eigenvalue weighted by Crippen LogP contribution is -2.12. The number of aryl methyl sites for hydroxylation is 2. The van der Waals surface area contributed by atoms with Crippen LogP contribution in [-0.4, -0.2) is 13.7 Å². The molecule has 0 bridgehead atoms. The Hall–Kier alpha value is -1.33. The highest BCUT2D eigenvalue weighted by molar-refractivity contribution is 9.09. The van der Waals surface area contributed by atoms with Gasteiger partial charge in [0.2, 0.25) is 0 Å². The molecule has 0 heterocycles. The minimum Gasteiger partial charge on any atom is -0.280 e. The van der Waals surface area contributed by atoms with E-state index >= 15 is 0 Å². The van der Waals surface area contributed by atoms with Gasteiger partial charge in [-0.05, 0) is 43.2 Å². The number of halogens is 1. The molecule has 0 spiro atoms. The second-order valence-corrected chi connectivity index (χ2v) is 7.03. The van der Waals surface area contributed by atoms with Crippen LogP contribution in [0, 0.1) is 6.92 Å². The van der Waals surface area contributed by atoms with E-state index in [2.05, 4.69) is 20.7 Å². The van der Waals surface area contributed by atoms with Crippen LogP contribution in [-0.2, 0) is 16.4 Å². The number of hydrogen-bond acceptors (Lipinski definition) is 2. The highest BCUT2D eigenvalue weighted by Crippen LogP contribution is 2.17. The van der Waals surface area contributed by atoms with Crippen LogP contribution in [0.1, 0.15) is 11.1 Å². The zero-order valence-electron chi connectivity index (χ0n) is 11.1. The van der Waals surface area contributed by atoms with Crippen molar-refractivity contribution in [3.05, 3.63) is 59.7 Å². The van der Waals surface area contributed by atoms with Crippen molar-refractivity contribution in [3.63, 3.8) is 0 Å². The predicted molar refractivity (Wildman–Crippen MR) is 85.9 cm³/mol. The number of sulfonamides is 1. The van der Waals surface area contributed by atoms with Gasteiger partial charge in [0.1, 0.15) is 0 Å². The number of benzene rings is 2. The van der Waals surface area contributed by atoms with Crippen LogP contribution < -0.4 is 4.72 Å². The standard InChI is InChI=1S/C15H16BrNO2S/c1-12-2-6-14(7-3-12)17-20(18,19)15-8-4-13(5-9-15)10-11-16/h2-9,17H,10-11H2,1H3. The SMILES string of the molecule is Cc1ccc(NS(=O)(=O)c2ccc(CCBr)cc2)cc1. The molecule has 106 valence electrons. The van der Waals surface area contributed by atoms with Crippen LogP contribution in [0.3, 0.4) is 0 Å². The van der Waals surface area contributed by atoms with Gasteiger partial charge in [0, 0.05) is 11.0 Å². The third-order valence-corrected chi connectivity index (χ3v) is 4.71. The van der Waals surface area contributed by atoms with Crippen LogP contribution in [0.2, 0.25) is 0 Å². The summed E-state index contributed by atoms with van der Waals surface area (Å²) >= 11 is 3.36. The molecule has 0 radical (unpaired) electrons. The Balaban J connectivity index is 2.19. The van der Waals surface area contributed by atoms with E-state index in [0.29, 0.717) is 5.69 Å². The van der Waals surface area contributed by atoms with Gasteiger partial charge in [0.15, 0.2) is 0 Å². The molecule has 0 atom stereocenters. The number of anilines is 1. The molecule has 0 fully saturated rings. The Bertz CT molecular complexity index is 664. The average Bonchev–Trinajstić information content (AvgIpc) is 2.42. The summed E-state index contributed by atoms with van der Waals surface area (Å²) in [6, 6.07) is 14.2. The number of hydrogen-bond donors (Lipinski definition) is 1. The summed E-state index contributed by atoms with van der Waals surface area (Å²) in [6.07, 6.45) is 0.881. The summed E-state index contributed by atoms with van der Waals surface area (Å²) in [4.78, 5) is 0.274. The molecule has 0 amide bonds. The number of alkyl halides is 1. The van der Waals surface area contributed by atoms with E-state index in [9.17, 15) is 8.42 Å². The van der Waals surface area contributed by atoms with Gasteiger partial charge in [-0.15, -0.1) is 0 Å². The molecule has 3 nitrogen and oxygen atoms in total. The fourth-order valence-corrected chi connectivity index (χ4v) is 3.30. The minimum absolute atomic E-state index is 0.274. The fraction of sp³-hybridized carbons (Fsp3) is 0.200. The summed E-state index contributed by atoms with van der Waals surface area (Å²) in [7, 11) is -3.52. The normalized spacial score (nSPS) is 11.3. The number of rotatable bonds is 5. The van der Waals surface area contributed by atoms with Crippen LogP contribution in [0.4, 0.5) is 5.69 Å². The van der Waals surface area contributed by atoms with E-state index in [0.717, 1.165) is 22.9 Å².